The van der Waals surface area contributed by atoms with E-state index in [0.717, 1.165) is 6.07 Å². The molecule has 0 saturated carbocycles. The van der Waals surface area contributed by atoms with E-state index in [1.165, 1.54) is 12.1 Å². The molecule has 0 spiro atoms. The number of nitrogens with one attached hydrogen (secondary N) is 1. The van der Waals surface area contributed by atoms with E-state index in [2.05, 4.69) is 21.2 Å². The van der Waals surface area contributed by atoms with Gasteiger partial charge in [0.2, 0.25) is 0 Å². The van der Waals surface area contributed by atoms with Crippen LogP contribution in [0, 0.1) is 0 Å². The molecular formula is C10H11BrF3NO2. The number of aliphatic hydroxyl groups is 2. The van der Waals surface area contributed by atoms with Crippen LogP contribution in [0.15, 0.2) is 22.7 Å². The van der Waals surface area contributed by atoms with Crippen molar-refractivity contribution in [2.45, 2.75) is 12.3 Å². The predicted octanol–water partition coefficient (Wildman–Crippen LogP) is 2.23. The number of hydrogen-bond acceptors (Lipinski definition) is 3. The van der Waals surface area contributed by atoms with Crippen LogP contribution in [0.2, 0.25) is 0 Å². The molecule has 0 amide bonds. The van der Waals surface area contributed by atoms with Gasteiger partial charge in [0, 0.05) is 16.7 Å². The van der Waals surface area contributed by atoms with Crippen LogP contribution in [0.3, 0.4) is 0 Å². The average molecular weight is 314 g/mol. The lowest BCUT2D eigenvalue weighted by atomic mass is 10.2. The zero-order chi connectivity index (χ0) is 13.1. The summed E-state index contributed by atoms with van der Waals surface area (Å²) in [6.07, 6.45) is -5.44. The fraction of sp³-hybridized carbons (Fsp3) is 0.400. The highest BCUT2D eigenvalue weighted by molar-refractivity contribution is 9.10. The molecule has 0 saturated heterocycles. The molecule has 1 aromatic rings. The molecule has 0 fully saturated rings. The average Bonchev–Trinajstić information content (AvgIpc) is 2.26. The summed E-state index contributed by atoms with van der Waals surface area (Å²) in [6, 6.07) is 3.66. The molecule has 96 valence electrons. The maximum Gasteiger partial charge on any atom is 0.417 e. The second kappa shape index (κ2) is 5.70. The Hall–Kier alpha value is -0.790. The molecule has 3 nitrogen and oxygen atoms in total. The minimum Gasteiger partial charge on any atom is -0.394 e. The third kappa shape index (κ3) is 4.18. The van der Waals surface area contributed by atoms with Crippen molar-refractivity contribution < 1.29 is 23.4 Å². The second-order valence-corrected chi connectivity index (χ2v) is 4.26. The number of aliphatic hydroxyl groups excluding tert-OH is 2. The molecule has 0 bridgehead atoms. The largest absolute Gasteiger partial charge is 0.417 e. The van der Waals surface area contributed by atoms with Crippen molar-refractivity contribution in [1.29, 1.82) is 0 Å². The molecule has 1 aromatic carbocycles. The van der Waals surface area contributed by atoms with Crippen molar-refractivity contribution in [3.8, 4) is 0 Å². The topological polar surface area (TPSA) is 52.5 Å². The summed E-state index contributed by atoms with van der Waals surface area (Å²) in [5, 5.41) is 20.2. The summed E-state index contributed by atoms with van der Waals surface area (Å²) in [5.74, 6) is 0. The Balaban J connectivity index is 2.82. The first kappa shape index (κ1) is 14.3. The maximum absolute atomic E-state index is 12.5. The lowest BCUT2D eigenvalue weighted by Gasteiger charge is -2.14. The molecule has 1 rings (SSSR count). The van der Waals surface area contributed by atoms with Crippen LogP contribution in [0.1, 0.15) is 5.56 Å². The normalized spacial score (nSPS) is 13.5. The number of hydrogen-bond donors (Lipinski definition) is 3. The van der Waals surface area contributed by atoms with Gasteiger partial charge in [0.05, 0.1) is 18.3 Å². The van der Waals surface area contributed by atoms with Gasteiger partial charge in [0.15, 0.2) is 0 Å². The third-order valence-electron chi connectivity index (χ3n) is 2.02. The van der Waals surface area contributed by atoms with Crippen LogP contribution in [0.5, 0.6) is 0 Å². The molecule has 0 aliphatic carbocycles. The Bertz CT molecular complexity index is 384. The summed E-state index contributed by atoms with van der Waals surface area (Å²) in [6.45, 7) is -0.467. The second-order valence-electron chi connectivity index (χ2n) is 3.41. The van der Waals surface area contributed by atoms with Gasteiger partial charge in [-0.1, -0.05) is 15.9 Å². The number of anilines is 1. The fourth-order valence-electron chi connectivity index (χ4n) is 1.15. The third-order valence-corrected chi connectivity index (χ3v) is 2.72. The van der Waals surface area contributed by atoms with E-state index in [1.807, 2.05) is 0 Å². The molecule has 0 aliphatic rings. The van der Waals surface area contributed by atoms with E-state index in [9.17, 15) is 13.2 Å². The molecule has 1 atom stereocenters. The summed E-state index contributed by atoms with van der Waals surface area (Å²) < 4.78 is 37.6. The summed E-state index contributed by atoms with van der Waals surface area (Å²) in [5.41, 5.74) is -0.561. The number of halogens is 4. The van der Waals surface area contributed by atoms with Gasteiger partial charge in [-0.25, -0.2) is 0 Å². The van der Waals surface area contributed by atoms with Gasteiger partial charge in [-0.15, -0.1) is 0 Å². The van der Waals surface area contributed by atoms with E-state index >= 15 is 0 Å². The SMILES string of the molecule is OCC(O)CNc1ccc(Br)c(C(F)(F)F)c1. The van der Waals surface area contributed by atoms with E-state index in [4.69, 9.17) is 10.2 Å². The molecule has 7 heteroatoms. The highest BCUT2D eigenvalue weighted by atomic mass is 79.9. The molecule has 3 N–H and O–H groups in total. The smallest absolute Gasteiger partial charge is 0.394 e. The lowest BCUT2D eigenvalue weighted by Crippen LogP contribution is -2.23. The first-order valence-corrected chi connectivity index (χ1v) is 5.53. The van der Waals surface area contributed by atoms with Crippen molar-refractivity contribution in [3.05, 3.63) is 28.2 Å². The van der Waals surface area contributed by atoms with Gasteiger partial charge in [-0.3, -0.25) is 0 Å². The summed E-state index contributed by atoms with van der Waals surface area (Å²) in [7, 11) is 0. The minimum atomic E-state index is -4.44. The maximum atomic E-state index is 12.5. The van der Waals surface area contributed by atoms with Crippen LogP contribution < -0.4 is 5.32 Å². The van der Waals surface area contributed by atoms with Crippen LogP contribution in [-0.4, -0.2) is 29.5 Å². The predicted molar refractivity (Wildman–Crippen MR) is 60.7 cm³/mol. The Morgan fingerprint density at radius 3 is 2.53 bits per heavy atom. The van der Waals surface area contributed by atoms with E-state index in [-0.39, 0.29) is 16.7 Å². The molecule has 0 radical (unpaired) electrons. The van der Waals surface area contributed by atoms with Crippen molar-refractivity contribution in [2.75, 3.05) is 18.5 Å². The monoisotopic (exact) mass is 313 g/mol. The lowest BCUT2D eigenvalue weighted by molar-refractivity contribution is -0.138. The molecule has 0 heterocycles. The quantitative estimate of drug-likeness (QED) is 0.799. The first-order chi connectivity index (χ1) is 7.84. The van der Waals surface area contributed by atoms with E-state index in [0.29, 0.717) is 0 Å². The van der Waals surface area contributed by atoms with Gasteiger partial charge in [0.25, 0.3) is 0 Å². The highest BCUT2D eigenvalue weighted by Gasteiger charge is 2.33. The van der Waals surface area contributed by atoms with E-state index < -0.39 is 24.5 Å². The molecule has 0 aromatic heterocycles. The van der Waals surface area contributed by atoms with Gasteiger partial charge in [0.1, 0.15) is 0 Å². The highest BCUT2D eigenvalue weighted by Crippen LogP contribution is 2.36. The van der Waals surface area contributed by atoms with E-state index in [1.54, 1.807) is 0 Å². The van der Waals surface area contributed by atoms with Crippen molar-refractivity contribution in [2.24, 2.45) is 0 Å². The summed E-state index contributed by atoms with van der Waals surface area (Å²) >= 11 is 2.82. The first-order valence-electron chi connectivity index (χ1n) is 4.74. The van der Waals surface area contributed by atoms with Crippen molar-refractivity contribution >= 4 is 21.6 Å². The zero-order valence-electron chi connectivity index (χ0n) is 8.63. The van der Waals surface area contributed by atoms with Gasteiger partial charge >= 0.3 is 6.18 Å². The van der Waals surface area contributed by atoms with Crippen LogP contribution in [-0.2, 0) is 6.18 Å². The van der Waals surface area contributed by atoms with Crippen molar-refractivity contribution in [3.63, 3.8) is 0 Å². The standard InChI is InChI=1S/C10H11BrF3NO2/c11-9-2-1-6(15-4-7(17)5-16)3-8(9)10(12,13)14/h1-3,7,15-17H,4-5H2. The Kier molecular flexibility index (Phi) is 4.79. The van der Waals surface area contributed by atoms with Gasteiger partial charge < -0.3 is 15.5 Å². The fourth-order valence-corrected chi connectivity index (χ4v) is 1.62. The molecule has 1 unspecified atom stereocenters. The van der Waals surface area contributed by atoms with Crippen LogP contribution in [0.25, 0.3) is 0 Å². The van der Waals surface area contributed by atoms with Crippen LogP contribution in [0.4, 0.5) is 18.9 Å². The molecule has 0 aliphatic heterocycles. The van der Waals surface area contributed by atoms with Crippen LogP contribution >= 0.6 is 15.9 Å². The Labute approximate surface area is 104 Å². The Morgan fingerprint density at radius 1 is 1.35 bits per heavy atom. The summed E-state index contributed by atoms with van der Waals surface area (Å²) in [4.78, 5) is 0. The van der Waals surface area contributed by atoms with Crippen molar-refractivity contribution in [1.82, 2.24) is 0 Å². The van der Waals surface area contributed by atoms with Gasteiger partial charge in [-0.05, 0) is 18.2 Å². The molecule has 17 heavy (non-hydrogen) atoms. The number of benzene rings is 1. The Morgan fingerprint density at radius 2 is 2.00 bits per heavy atom. The number of rotatable bonds is 4. The number of alkyl halides is 3. The molecular weight excluding hydrogens is 303 g/mol. The minimum absolute atomic E-state index is 0.0184. The van der Waals surface area contributed by atoms with Gasteiger partial charge in [-0.2, -0.15) is 13.2 Å². The zero-order valence-corrected chi connectivity index (χ0v) is 10.2.